The van der Waals surface area contributed by atoms with Gasteiger partial charge < -0.3 is 9.47 Å². The van der Waals surface area contributed by atoms with Crippen molar-refractivity contribution >= 4 is 27.7 Å². The Morgan fingerprint density at radius 1 is 1.36 bits per heavy atom. The SMILES string of the molecule is CCOC(=O)CC1CCCCc2cc(Br)cc(OC)c2C1=O. The summed E-state index contributed by atoms with van der Waals surface area (Å²) in [5.41, 5.74) is 1.62. The molecular formula is C17H21BrO4. The fraction of sp³-hybridized carbons (Fsp3) is 0.529. The standard InChI is InChI=1S/C17H21BrO4/c1-3-22-15(19)9-12-7-5-4-6-11-8-13(18)10-14(21-2)16(11)17(12)20/h8,10,12H,3-7,9H2,1-2H3. The number of carbonyl (C=O) groups is 2. The van der Waals surface area contributed by atoms with E-state index in [0.717, 1.165) is 35.7 Å². The molecule has 120 valence electrons. The number of esters is 1. The molecule has 0 amide bonds. The number of methoxy groups -OCH3 is 1. The van der Waals surface area contributed by atoms with Crippen LogP contribution in [0.2, 0.25) is 0 Å². The molecule has 0 spiro atoms. The molecule has 1 atom stereocenters. The second kappa shape index (κ2) is 7.77. The summed E-state index contributed by atoms with van der Waals surface area (Å²) >= 11 is 3.46. The van der Waals surface area contributed by atoms with Crippen LogP contribution >= 0.6 is 15.9 Å². The Balaban J connectivity index is 2.35. The molecule has 5 heteroatoms. The van der Waals surface area contributed by atoms with E-state index in [1.54, 1.807) is 20.1 Å². The molecule has 1 aromatic carbocycles. The summed E-state index contributed by atoms with van der Waals surface area (Å²) in [4.78, 5) is 24.7. The van der Waals surface area contributed by atoms with Gasteiger partial charge in [-0.25, -0.2) is 0 Å². The van der Waals surface area contributed by atoms with Crippen molar-refractivity contribution < 1.29 is 19.1 Å². The van der Waals surface area contributed by atoms with Crippen molar-refractivity contribution in [3.63, 3.8) is 0 Å². The number of halogens is 1. The van der Waals surface area contributed by atoms with Gasteiger partial charge in [-0.2, -0.15) is 0 Å². The molecule has 0 radical (unpaired) electrons. The Bertz CT molecular complexity index is 568. The van der Waals surface area contributed by atoms with Gasteiger partial charge in [0.1, 0.15) is 5.75 Å². The van der Waals surface area contributed by atoms with E-state index in [-0.39, 0.29) is 24.1 Å². The number of ether oxygens (including phenoxy) is 2. The van der Waals surface area contributed by atoms with E-state index < -0.39 is 0 Å². The van der Waals surface area contributed by atoms with E-state index >= 15 is 0 Å². The molecule has 0 aromatic heterocycles. The van der Waals surface area contributed by atoms with E-state index in [2.05, 4.69) is 15.9 Å². The molecule has 1 aromatic rings. The van der Waals surface area contributed by atoms with Crippen LogP contribution in [0.25, 0.3) is 0 Å². The molecule has 0 bridgehead atoms. The highest BCUT2D eigenvalue weighted by Gasteiger charge is 2.29. The largest absolute Gasteiger partial charge is 0.496 e. The maximum Gasteiger partial charge on any atom is 0.306 e. The lowest BCUT2D eigenvalue weighted by atomic mass is 9.83. The molecule has 4 nitrogen and oxygen atoms in total. The topological polar surface area (TPSA) is 52.6 Å². The molecule has 0 heterocycles. The number of hydrogen-bond acceptors (Lipinski definition) is 4. The van der Waals surface area contributed by atoms with Gasteiger partial charge in [-0.15, -0.1) is 0 Å². The van der Waals surface area contributed by atoms with Crippen LogP contribution in [-0.4, -0.2) is 25.5 Å². The van der Waals surface area contributed by atoms with E-state index in [1.807, 2.05) is 6.07 Å². The van der Waals surface area contributed by atoms with Crippen LogP contribution in [0, 0.1) is 5.92 Å². The zero-order valence-electron chi connectivity index (χ0n) is 13.0. The highest BCUT2D eigenvalue weighted by atomic mass is 79.9. The van der Waals surface area contributed by atoms with Crippen molar-refractivity contribution in [1.82, 2.24) is 0 Å². The van der Waals surface area contributed by atoms with Crippen LogP contribution in [0.15, 0.2) is 16.6 Å². The molecule has 22 heavy (non-hydrogen) atoms. The van der Waals surface area contributed by atoms with Crippen molar-refractivity contribution in [2.45, 2.75) is 39.0 Å². The first-order valence-corrected chi connectivity index (χ1v) is 8.42. The summed E-state index contributed by atoms with van der Waals surface area (Å²) in [6.45, 7) is 2.11. The fourth-order valence-electron chi connectivity index (χ4n) is 2.93. The Kier molecular flexibility index (Phi) is 6.00. The number of hydrogen-bond donors (Lipinski definition) is 0. The molecule has 0 saturated heterocycles. The van der Waals surface area contributed by atoms with Crippen molar-refractivity contribution in [3.8, 4) is 5.75 Å². The zero-order chi connectivity index (χ0) is 16.1. The normalized spacial score (nSPS) is 18.1. The van der Waals surface area contributed by atoms with Crippen LogP contribution in [-0.2, 0) is 16.0 Å². The Morgan fingerprint density at radius 3 is 2.82 bits per heavy atom. The van der Waals surface area contributed by atoms with Crippen molar-refractivity contribution in [3.05, 3.63) is 27.7 Å². The predicted octanol–water partition coefficient (Wildman–Crippen LogP) is 3.94. The summed E-state index contributed by atoms with van der Waals surface area (Å²) in [5, 5.41) is 0. The smallest absolute Gasteiger partial charge is 0.306 e. The number of carbonyl (C=O) groups excluding carboxylic acids is 2. The minimum absolute atomic E-state index is 0.00731. The predicted molar refractivity (Wildman–Crippen MR) is 87.3 cm³/mol. The molecule has 0 saturated carbocycles. The number of benzene rings is 1. The molecule has 0 aliphatic heterocycles. The molecular weight excluding hydrogens is 348 g/mol. The first kappa shape index (κ1) is 17.0. The average Bonchev–Trinajstić information content (AvgIpc) is 2.47. The third-order valence-corrected chi connectivity index (χ3v) is 4.41. The number of aryl methyl sites for hydroxylation is 1. The van der Waals surface area contributed by atoms with Crippen LogP contribution in [0.5, 0.6) is 5.75 Å². The van der Waals surface area contributed by atoms with Gasteiger partial charge in [0.15, 0.2) is 5.78 Å². The van der Waals surface area contributed by atoms with Crippen molar-refractivity contribution in [1.29, 1.82) is 0 Å². The van der Waals surface area contributed by atoms with E-state index in [4.69, 9.17) is 9.47 Å². The third-order valence-electron chi connectivity index (χ3n) is 3.95. The molecule has 2 rings (SSSR count). The number of ketones is 1. The van der Waals surface area contributed by atoms with E-state index in [1.165, 1.54) is 0 Å². The highest BCUT2D eigenvalue weighted by molar-refractivity contribution is 9.10. The number of Topliss-reactive ketones (excluding diaryl/α,β-unsaturated/α-hetero) is 1. The minimum Gasteiger partial charge on any atom is -0.496 e. The van der Waals surface area contributed by atoms with Crippen LogP contribution < -0.4 is 4.74 Å². The average molecular weight is 369 g/mol. The van der Waals surface area contributed by atoms with E-state index in [9.17, 15) is 9.59 Å². The van der Waals surface area contributed by atoms with Crippen LogP contribution in [0.1, 0.15) is 48.5 Å². The zero-order valence-corrected chi connectivity index (χ0v) is 14.6. The first-order chi connectivity index (χ1) is 10.6. The maximum atomic E-state index is 12.9. The lowest BCUT2D eigenvalue weighted by Crippen LogP contribution is -2.23. The molecule has 1 aliphatic rings. The monoisotopic (exact) mass is 368 g/mol. The maximum absolute atomic E-state index is 12.9. The quantitative estimate of drug-likeness (QED) is 0.755. The van der Waals surface area contributed by atoms with Gasteiger partial charge in [0, 0.05) is 10.4 Å². The van der Waals surface area contributed by atoms with Gasteiger partial charge in [0.25, 0.3) is 0 Å². The summed E-state index contributed by atoms with van der Waals surface area (Å²) in [7, 11) is 1.56. The lowest BCUT2D eigenvalue weighted by Gasteiger charge is -2.22. The molecule has 0 N–H and O–H groups in total. The van der Waals surface area contributed by atoms with Gasteiger partial charge in [0.2, 0.25) is 0 Å². The summed E-state index contributed by atoms with van der Waals surface area (Å²) in [6.07, 6.45) is 3.65. The Labute approximate surface area is 139 Å². The van der Waals surface area contributed by atoms with Crippen LogP contribution in [0.3, 0.4) is 0 Å². The number of fused-ring (bicyclic) bond motifs is 1. The second-order valence-electron chi connectivity index (χ2n) is 5.46. The summed E-state index contributed by atoms with van der Waals surface area (Å²) in [6, 6.07) is 3.78. The Hall–Kier alpha value is -1.36. The third kappa shape index (κ3) is 3.88. The van der Waals surface area contributed by atoms with Crippen LogP contribution in [0.4, 0.5) is 0 Å². The fourth-order valence-corrected chi connectivity index (χ4v) is 3.42. The molecule has 1 aliphatic carbocycles. The van der Waals surface area contributed by atoms with Gasteiger partial charge in [-0.1, -0.05) is 22.4 Å². The van der Waals surface area contributed by atoms with Crippen molar-refractivity contribution in [2.24, 2.45) is 5.92 Å². The van der Waals surface area contributed by atoms with Gasteiger partial charge in [0.05, 0.1) is 25.7 Å². The minimum atomic E-state index is -0.326. The highest BCUT2D eigenvalue weighted by Crippen LogP contribution is 2.34. The second-order valence-corrected chi connectivity index (χ2v) is 6.37. The van der Waals surface area contributed by atoms with Crippen molar-refractivity contribution in [2.75, 3.05) is 13.7 Å². The van der Waals surface area contributed by atoms with Gasteiger partial charge in [-0.3, -0.25) is 9.59 Å². The number of rotatable bonds is 4. The summed E-state index contributed by atoms with van der Waals surface area (Å²) in [5.74, 6) is -0.0653. The lowest BCUT2D eigenvalue weighted by molar-refractivity contribution is -0.143. The molecule has 1 unspecified atom stereocenters. The van der Waals surface area contributed by atoms with Gasteiger partial charge >= 0.3 is 5.97 Å². The van der Waals surface area contributed by atoms with E-state index in [0.29, 0.717) is 17.9 Å². The van der Waals surface area contributed by atoms with Gasteiger partial charge in [-0.05, 0) is 43.9 Å². The Morgan fingerprint density at radius 2 is 2.14 bits per heavy atom. The summed E-state index contributed by atoms with van der Waals surface area (Å²) < 4.78 is 11.3. The first-order valence-electron chi connectivity index (χ1n) is 7.63. The molecule has 0 fully saturated rings.